The normalized spacial score (nSPS) is 13.4. The van der Waals surface area contributed by atoms with E-state index in [1.54, 1.807) is 0 Å². The van der Waals surface area contributed by atoms with Crippen LogP contribution in [0.25, 0.3) is 0 Å². The summed E-state index contributed by atoms with van der Waals surface area (Å²) in [5.74, 6) is 1.54. The van der Waals surface area contributed by atoms with Crippen molar-refractivity contribution in [2.75, 3.05) is 13.2 Å². The summed E-state index contributed by atoms with van der Waals surface area (Å²) in [7, 11) is 0. The van der Waals surface area contributed by atoms with Gasteiger partial charge in [0.05, 0.1) is 12.5 Å². The first-order chi connectivity index (χ1) is 6.81. The third-order valence-electron chi connectivity index (χ3n) is 2.27. The summed E-state index contributed by atoms with van der Waals surface area (Å²) in [6.07, 6.45) is 0.419. The molecular weight excluding hydrogens is 178 g/mol. The second-order valence-corrected chi connectivity index (χ2v) is 3.26. The SMILES string of the molecule is Cc1cc2c(cc1CC#N)OCCO2. The maximum Gasteiger partial charge on any atom is 0.161 e. The van der Waals surface area contributed by atoms with E-state index in [2.05, 4.69) is 6.07 Å². The molecule has 0 radical (unpaired) electrons. The Hall–Kier alpha value is -1.69. The lowest BCUT2D eigenvalue weighted by atomic mass is 10.1. The average molecular weight is 189 g/mol. The molecule has 3 heteroatoms. The van der Waals surface area contributed by atoms with E-state index in [4.69, 9.17) is 14.7 Å². The van der Waals surface area contributed by atoms with Crippen molar-refractivity contribution in [2.24, 2.45) is 0 Å². The van der Waals surface area contributed by atoms with Crippen LogP contribution in [0.1, 0.15) is 11.1 Å². The molecule has 1 aromatic carbocycles. The molecule has 72 valence electrons. The number of rotatable bonds is 1. The minimum atomic E-state index is 0.419. The molecule has 0 unspecified atom stereocenters. The highest BCUT2D eigenvalue weighted by Gasteiger charge is 2.13. The predicted octanol–water partition coefficient (Wildman–Crippen LogP) is 1.83. The van der Waals surface area contributed by atoms with Gasteiger partial charge >= 0.3 is 0 Å². The molecular formula is C11H11NO2. The van der Waals surface area contributed by atoms with Crippen LogP contribution in [0.15, 0.2) is 12.1 Å². The molecule has 1 aromatic rings. The zero-order valence-electron chi connectivity index (χ0n) is 8.04. The Balaban J connectivity index is 2.41. The van der Waals surface area contributed by atoms with Gasteiger partial charge in [-0.2, -0.15) is 5.26 Å². The zero-order valence-corrected chi connectivity index (χ0v) is 8.04. The number of ether oxygens (including phenoxy) is 2. The van der Waals surface area contributed by atoms with Crippen molar-refractivity contribution < 1.29 is 9.47 Å². The molecule has 0 aliphatic carbocycles. The van der Waals surface area contributed by atoms with Crippen LogP contribution in [0.4, 0.5) is 0 Å². The zero-order chi connectivity index (χ0) is 9.97. The molecule has 14 heavy (non-hydrogen) atoms. The number of nitriles is 1. The van der Waals surface area contributed by atoms with Crippen molar-refractivity contribution in [3.05, 3.63) is 23.3 Å². The lowest BCUT2D eigenvalue weighted by Crippen LogP contribution is -2.15. The molecule has 0 aromatic heterocycles. The second-order valence-electron chi connectivity index (χ2n) is 3.26. The Morgan fingerprint density at radius 1 is 1.29 bits per heavy atom. The summed E-state index contributed by atoms with van der Waals surface area (Å²) < 4.78 is 10.9. The van der Waals surface area contributed by atoms with Crippen LogP contribution < -0.4 is 9.47 Å². The van der Waals surface area contributed by atoms with Crippen LogP contribution in [0.2, 0.25) is 0 Å². The summed E-state index contributed by atoms with van der Waals surface area (Å²) in [5, 5.41) is 8.63. The monoisotopic (exact) mass is 189 g/mol. The summed E-state index contributed by atoms with van der Waals surface area (Å²) >= 11 is 0. The van der Waals surface area contributed by atoms with Gasteiger partial charge in [-0.3, -0.25) is 0 Å². The summed E-state index contributed by atoms with van der Waals surface area (Å²) in [4.78, 5) is 0. The maximum absolute atomic E-state index is 8.63. The highest BCUT2D eigenvalue weighted by molar-refractivity contribution is 5.48. The fraction of sp³-hybridized carbons (Fsp3) is 0.364. The Labute approximate surface area is 82.9 Å². The summed E-state index contributed by atoms with van der Waals surface area (Å²) in [6, 6.07) is 5.96. The fourth-order valence-electron chi connectivity index (χ4n) is 1.51. The first-order valence-electron chi connectivity index (χ1n) is 4.57. The quantitative estimate of drug-likeness (QED) is 0.676. The Morgan fingerprint density at radius 3 is 2.57 bits per heavy atom. The number of hydrogen-bond donors (Lipinski definition) is 0. The van der Waals surface area contributed by atoms with Crippen molar-refractivity contribution in [2.45, 2.75) is 13.3 Å². The van der Waals surface area contributed by atoms with Crippen LogP contribution in [0.3, 0.4) is 0 Å². The molecule has 2 rings (SSSR count). The van der Waals surface area contributed by atoms with Gasteiger partial charge in [-0.05, 0) is 30.2 Å². The molecule has 0 N–H and O–H groups in total. The lowest BCUT2D eigenvalue weighted by Gasteiger charge is -2.19. The van der Waals surface area contributed by atoms with Crippen LogP contribution in [-0.4, -0.2) is 13.2 Å². The van der Waals surface area contributed by atoms with Gasteiger partial charge in [0.2, 0.25) is 0 Å². The lowest BCUT2D eigenvalue weighted by molar-refractivity contribution is 0.171. The highest BCUT2D eigenvalue weighted by Crippen LogP contribution is 2.32. The first kappa shape index (κ1) is 8.89. The van der Waals surface area contributed by atoms with Crippen molar-refractivity contribution in [1.29, 1.82) is 5.26 Å². The minimum absolute atomic E-state index is 0.419. The largest absolute Gasteiger partial charge is 0.486 e. The number of aryl methyl sites for hydroxylation is 1. The van der Waals surface area contributed by atoms with Gasteiger partial charge in [-0.15, -0.1) is 0 Å². The molecule has 0 saturated carbocycles. The highest BCUT2D eigenvalue weighted by atomic mass is 16.6. The van der Waals surface area contributed by atoms with Gasteiger partial charge < -0.3 is 9.47 Å². The smallest absolute Gasteiger partial charge is 0.161 e. The van der Waals surface area contributed by atoms with E-state index in [0.717, 1.165) is 22.6 Å². The molecule has 0 bridgehead atoms. The Morgan fingerprint density at radius 2 is 1.93 bits per heavy atom. The molecule has 1 heterocycles. The number of nitrogens with zero attached hydrogens (tertiary/aromatic N) is 1. The Bertz CT molecular complexity index is 393. The minimum Gasteiger partial charge on any atom is -0.486 e. The predicted molar refractivity (Wildman–Crippen MR) is 51.5 cm³/mol. The first-order valence-corrected chi connectivity index (χ1v) is 4.57. The third-order valence-corrected chi connectivity index (χ3v) is 2.27. The molecule has 3 nitrogen and oxygen atoms in total. The van der Waals surface area contributed by atoms with Crippen molar-refractivity contribution >= 4 is 0 Å². The van der Waals surface area contributed by atoms with E-state index in [1.807, 2.05) is 19.1 Å². The van der Waals surface area contributed by atoms with Crippen LogP contribution >= 0.6 is 0 Å². The van der Waals surface area contributed by atoms with Gasteiger partial charge in [0.25, 0.3) is 0 Å². The molecule has 1 aliphatic rings. The molecule has 0 amide bonds. The van der Waals surface area contributed by atoms with Gasteiger partial charge in [0, 0.05) is 0 Å². The van der Waals surface area contributed by atoms with Crippen LogP contribution in [0, 0.1) is 18.3 Å². The van der Waals surface area contributed by atoms with Gasteiger partial charge in [0.1, 0.15) is 13.2 Å². The van der Waals surface area contributed by atoms with Crippen molar-refractivity contribution in [1.82, 2.24) is 0 Å². The van der Waals surface area contributed by atoms with Crippen LogP contribution in [-0.2, 0) is 6.42 Å². The standard InChI is InChI=1S/C11H11NO2/c1-8-6-10-11(14-5-4-13-10)7-9(8)2-3-12/h6-7H,2,4-5H2,1H3. The molecule has 0 spiro atoms. The third kappa shape index (κ3) is 1.51. The molecule has 0 fully saturated rings. The molecule has 0 atom stereocenters. The van der Waals surface area contributed by atoms with Gasteiger partial charge in [0.15, 0.2) is 11.5 Å². The van der Waals surface area contributed by atoms with E-state index >= 15 is 0 Å². The Kier molecular flexibility index (Phi) is 2.28. The van der Waals surface area contributed by atoms with Gasteiger partial charge in [-0.1, -0.05) is 0 Å². The van der Waals surface area contributed by atoms with E-state index in [1.165, 1.54) is 0 Å². The van der Waals surface area contributed by atoms with E-state index in [-0.39, 0.29) is 0 Å². The van der Waals surface area contributed by atoms with E-state index < -0.39 is 0 Å². The topological polar surface area (TPSA) is 42.2 Å². The van der Waals surface area contributed by atoms with E-state index in [0.29, 0.717) is 19.6 Å². The van der Waals surface area contributed by atoms with E-state index in [9.17, 15) is 0 Å². The summed E-state index contributed by atoms with van der Waals surface area (Å²) in [6.45, 7) is 3.16. The van der Waals surface area contributed by atoms with Crippen molar-refractivity contribution in [3.8, 4) is 17.6 Å². The molecule has 0 saturated heterocycles. The van der Waals surface area contributed by atoms with Crippen molar-refractivity contribution in [3.63, 3.8) is 0 Å². The molecule has 1 aliphatic heterocycles. The number of benzene rings is 1. The maximum atomic E-state index is 8.63. The second kappa shape index (κ2) is 3.59. The van der Waals surface area contributed by atoms with Gasteiger partial charge in [-0.25, -0.2) is 0 Å². The number of hydrogen-bond acceptors (Lipinski definition) is 3. The van der Waals surface area contributed by atoms with Crippen LogP contribution in [0.5, 0.6) is 11.5 Å². The number of fused-ring (bicyclic) bond motifs is 1. The average Bonchev–Trinajstić information content (AvgIpc) is 2.19. The summed E-state index contributed by atoms with van der Waals surface area (Å²) in [5.41, 5.74) is 2.09. The fourth-order valence-corrected chi connectivity index (χ4v) is 1.51.